The quantitative estimate of drug-likeness (QED) is 0.250. The van der Waals surface area contributed by atoms with Crippen molar-refractivity contribution in [2.75, 3.05) is 57.7 Å². The zero-order valence-electron chi connectivity index (χ0n) is 29.2. The summed E-state index contributed by atoms with van der Waals surface area (Å²) < 4.78 is 6.07. The molecule has 274 valence electrons. The lowest BCUT2D eigenvalue weighted by atomic mass is 9.90. The number of para-hydroxylation sites is 1. The summed E-state index contributed by atoms with van der Waals surface area (Å²) in [5.74, 6) is -0.244. The van der Waals surface area contributed by atoms with E-state index in [0.717, 1.165) is 41.6 Å². The molecule has 1 atom stereocenters. The van der Waals surface area contributed by atoms with Gasteiger partial charge in [0.15, 0.2) is 6.10 Å². The van der Waals surface area contributed by atoms with Crippen molar-refractivity contribution in [1.29, 1.82) is 0 Å². The Kier molecular flexibility index (Phi) is 10.1. The number of urea groups is 1. The van der Waals surface area contributed by atoms with E-state index in [9.17, 15) is 29.4 Å². The van der Waals surface area contributed by atoms with Gasteiger partial charge in [-0.1, -0.05) is 24.3 Å². The number of ether oxygens (including phenoxy) is 1. The number of rotatable bonds is 7. The molecule has 5 N–H and O–H groups in total. The molecule has 0 saturated carbocycles. The molecule has 0 radical (unpaired) electrons. The number of aryl methyl sites for hydroxylation is 1. The lowest BCUT2D eigenvalue weighted by Crippen LogP contribution is -2.54. The third-order valence-corrected chi connectivity index (χ3v) is 11.4. The number of carbonyl (C=O) groups excluding carboxylic acids is 3. The zero-order chi connectivity index (χ0) is 35.7. The standard InChI is InChI=1S/C37H49N7O7/c1-24-20-25(21-30-32(24)40-34(47)38-30)22-31(33(46)42-13-7-27(8-14-42)41-18-11-37(50,23-45)12-19-41)51-36(49)43-15-9-28(10-16-43)44-17-6-26-4-2-3-5-29(26)39-35(44)48/h2-5,20-21,27-28,31,45,50H,6-19,22-23H2,1H3,(H,39,48)(H2,38,40,47)/t31-/m1/s1. The fourth-order valence-corrected chi connectivity index (χ4v) is 8.32. The maximum absolute atomic E-state index is 14.1. The van der Waals surface area contributed by atoms with Crippen LogP contribution in [0.1, 0.15) is 55.2 Å². The Morgan fingerprint density at radius 1 is 0.922 bits per heavy atom. The minimum absolute atomic E-state index is 0.0161. The second kappa shape index (κ2) is 14.7. The maximum atomic E-state index is 14.1. The van der Waals surface area contributed by atoms with Crippen LogP contribution in [0.25, 0.3) is 11.0 Å². The lowest BCUT2D eigenvalue weighted by Gasteiger charge is -2.44. The second-order valence-corrected chi connectivity index (χ2v) is 14.7. The summed E-state index contributed by atoms with van der Waals surface area (Å²) in [5.41, 5.74) is 3.56. The first-order valence-electron chi connectivity index (χ1n) is 18.3. The predicted molar refractivity (Wildman–Crippen MR) is 191 cm³/mol. The zero-order valence-corrected chi connectivity index (χ0v) is 29.2. The van der Waals surface area contributed by atoms with Gasteiger partial charge in [0.05, 0.1) is 23.2 Å². The molecule has 5 heterocycles. The Balaban J connectivity index is 1.00. The van der Waals surface area contributed by atoms with Crippen molar-refractivity contribution >= 4 is 34.8 Å². The molecule has 3 saturated heterocycles. The average Bonchev–Trinajstić information content (AvgIpc) is 3.44. The molecule has 4 aliphatic rings. The minimum Gasteiger partial charge on any atom is -0.436 e. The Bertz CT molecular complexity index is 1800. The SMILES string of the molecule is Cc1cc(C[C@@H](OC(=O)N2CCC(N3CCc4ccccc4NC3=O)CC2)C(=O)N2CCC(N3CCC(O)(CO)CC3)CC2)cc2[nH]c(=O)[nH]c12. The first-order valence-corrected chi connectivity index (χ1v) is 18.3. The molecule has 3 fully saturated rings. The monoisotopic (exact) mass is 703 g/mol. The van der Waals surface area contributed by atoms with Crippen LogP contribution in [0.5, 0.6) is 0 Å². The van der Waals surface area contributed by atoms with Crippen LogP contribution in [0.15, 0.2) is 41.2 Å². The van der Waals surface area contributed by atoms with Crippen molar-refractivity contribution in [3.05, 3.63) is 63.6 Å². The number of aromatic amines is 2. The number of likely N-dealkylation sites (tertiary alicyclic amines) is 3. The molecule has 0 spiro atoms. The molecule has 0 unspecified atom stereocenters. The Labute approximate surface area is 296 Å². The second-order valence-electron chi connectivity index (χ2n) is 14.7. The molecular weight excluding hydrogens is 654 g/mol. The Hall–Kier alpha value is -4.40. The lowest BCUT2D eigenvalue weighted by molar-refractivity contribution is -0.143. The fourth-order valence-electron chi connectivity index (χ4n) is 8.32. The van der Waals surface area contributed by atoms with E-state index >= 15 is 0 Å². The normalized spacial score (nSPS) is 21.2. The van der Waals surface area contributed by atoms with E-state index in [-0.39, 0.29) is 42.7 Å². The number of benzene rings is 2. The molecule has 3 aromatic rings. The van der Waals surface area contributed by atoms with Crippen LogP contribution in [-0.4, -0.2) is 134 Å². The van der Waals surface area contributed by atoms with Gasteiger partial charge in [-0.3, -0.25) is 4.79 Å². The number of aliphatic hydroxyl groups is 2. The van der Waals surface area contributed by atoms with Crippen LogP contribution in [0.4, 0.5) is 15.3 Å². The van der Waals surface area contributed by atoms with E-state index in [1.54, 1.807) is 9.80 Å². The van der Waals surface area contributed by atoms with E-state index in [4.69, 9.17) is 4.74 Å². The summed E-state index contributed by atoms with van der Waals surface area (Å²) in [5, 5.41) is 23.0. The van der Waals surface area contributed by atoms with E-state index in [1.165, 1.54) is 0 Å². The first-order chi connectivity index (χ1) is 24.6. The number of fused-ring (bicyclic) bond motifs is 2. The Morgan fingerprint density at radius 2 is 1.61 bits per heavy atom. The number of piperidine rings is 3. The highest BCUT2D eigenvalue weighted by Gasteiger charge is 2.38. The van der Waals surface area contributed by atoms with Gasteiger partial charge in [-0.2, -0.15) is 0 Å². The van der Waals surface area contributed by atoms with Gasteiger partial charge in [-0.05, 0) is 80.7 Å². The predicted octanol–water partition coefficient (Wildman–Crippen LogP) is 2.58. The number of anilines is 1. The number of amides is 4. The van der Waals surface area contributed by atoms with Gasteiger partial charge < -0.3 is 49.8 Å². The first kappa shape index (κ1) is 35.0. The number of nitrogens with one attached hydrogen (secondary N) is 3. The number of nitrogens with zero attached hydrogens (tertiary/aromatic N) is 4. The van der Waals surface area contributed by atoms with Crippen molar-refractivity contribution in [1.82, 2.24) is 29.6 Å². The number of aromatic nitrogens is 2. The number of hydrogen-bond donors (Lipinski definition) is 5. The van der Waals surface area contributed by atoms with Crippen molar-refractivity contribution in [2.45, 2.75) is 82.1 Å². The highest BCUT2D eigenvalue weighted by molar-refractivity contribution is 5.91. The summed E-state index contributed by atoms with van der Waals surface area (Å²) in [6.45, 7) is 5.51. The minimum atomic E-state index is -1.06. The van der Waals surface area contributed by atoms with Gasteiger partial charge in [0.2, 0.25) is 0 Å². The van der Waals surface area contributed by atoms with Crippen molar-refractivity contribution in [2.24, 2.45) is 0 Å². The van der Waals surface area contributed by atoms with Gasteiger partial charge in [0, 0.05) is 70.0 Å². The van der Waals surface area contributed by atoms with E-state index in [2.05, 4.69) is 20.2 Å². The van der Waals surface area contributed by atoms with E-state index in [0.29, 0.717) is 82.5 Å². The largest absolute Gasteiger partial charge is 0.436 e. The molecule has 14 nitrogen and oxygen atoms in total. The molecule has 51 heavy (non-hydrogen) atoms. The molecule has 7 rings (SSSR count). The van der Waals surface area contributed by atoms with Crippen LogP contribution in [-0.2, 0) is 22.4 Å². The molecular formula is C37H49N7O7. The number of aliphatic hydroxyl groups excluding tert-OH is 1. The molecule has 2 aromatic carbocycles. The molecule has 0 bridgehead atoms. The van der Waals surface area contributed by atoms with Crippen molar-refractivity contribution < 1.29 is 29.3 Å². The summed E-state index contributed by atoms with van der Waals surface area (Å²) in [4.78, 5) is 66.2. The highest BCUT2D eigenvalue weighted by Crippen LogP contribution is 2.28. The number of carbonyl (C=O) groups is 3. The Morgan fingerprint density at radius 3 is 2.33 bits per heavy atom. The van der Waals surface area contributed by atoms with Crippen LogP contribution in [0.2, 0.25) is 0 Å². The molecule has 1 aromatic heterocycles. The van der Waals surface area contributed by atoms with E-state index < -0.39 is 17.8 Å². The van der Waals surface area contributed by atoms with Crippen LogP contribution in [0.3, 0.4) is 0 Å². The van der Waals surface area contributed by atoms with Gasteiger partial charge >= 0.3 is 17.8 Å². The van der Waals surface area contributed by atoms with Crippen LogP contribution < -0.4 is 11.0 Å². The van der Waals surface area contributed by atoms with Gasteiger partial charge in [0.25, 0.3) is 5.91 Å². The smallest absolute Gasteiger partial charge is 0.410 e. The van der Waals surface area contributed by atoms with Gasteiger partial charge in [0.1, 0.15) is 0 Å². The van der Waals surface area contributed by atoms with Crippen LogP contribution in [0, 0.1) is 6.92 Å². The summed E-state index contributed by atoms with van der Waals surface area (Å²) in [6.07, 6.45) is 3.09. The van der Waals surface area contributed by atoms with Crippen molar-refractivity contribution in [3.8, 4) is 0 Å². The van der Waals surface area contributed by atoms with E-state index in [1.807, 2.05) is 48.2 Å². The third kappa shape index (κ3) is 7.63. The number of hydrogen-bond acceptors (Lipinski definition) is 8. The molecule has 0 aliphatic carbocycles. The number of H-pyrrole nitrogens is 2. The van der Waals surface area contributed by atoms with Crippen LogP contribution >= 0.6 is 0 Å². The third-order valence-electron chi connectivity index (χ3n) is 11.4. The topological polar surface area (TPSA) is 175 Å². The van der Waals surface area contributed by atoms with Gasteiger partial charge in [-0.25, -0.2) is 14.4 Å². The summed E-state index contributed by atoms with van der Waals surface area (Å²) in [6, 6.07) is 11.7. The fraction of sp³-hybridized carbons (Fsp3) is 0.568. The number of imidazole rings is 1. The maximum Gasteiger partial charge on any atom is 0.410 e. The summed E-state index contributed by atoms with van der Waals surface area (Å²) >= 11 is 0. The molecule has 4 aliphatic heterocycles. The summed E-state index contributed by atoms with van der Waals surface area (Å²) in [7, 11) is 0. The molecule has 14 heteroatoms. The average molecular weight is 704 g/mol. The van der Waals surface area contributed by atoms with Gasteiger partial charge in [-0.15, -0.1) is 0 Å². The van der Waals surface area contributed by atoms with Crippen molar-refractivity contribution in [3.63, 3.8) is 0 Å². The molecule has 4 amide bonds. The highest BCUT2D eigenvalue weighted by atomic mass is 16.6.